The Hall–Kier alpha value is -6.14. The number of hydrogen-bond acceptors (Lipinski definition) is 14. The van der Waals surface area contributed by atoms with Crippen LogP contribution in [0.15, 0.2) is 85.5 Å². The summed E-state index contributed by atoms with van der Waals surface area (Å²) in [6.45, 7) is 3.45. The van der Waals surface area contributed by atoms with Gasteiger partial charge in [0.1, 0.15) is 50.7 Å². The van der Waals surface area contributed by atoms with Crippen LogP contribution in [-0.4, -0.2) is 107 Å². The van der Waals surface area contributed by atoms with Gasteiger partial charge in [0.25, 0.3) is 0 Å². The summed E-state index contributed by atoms with van der Waals surface area (Å²) in [5.74, 6) is 8.89. The molecule has 0 atom stereocenters. The molecule has 0 aliphatic rings. The lowest BCUT2D eigenvalue weighted by molar-refractivity contribution is 0.132. The zero-order valence-corrected chi connectivity index (χ0v) is 35.9. The minimum absolute atomic E-state index is 0. The highest BCUT2D eigenvalue weighted by Crippen LogP contribution is 2.36. The van der Waals surface area contributed by atoms with Crippen molar-refractivity contribution in [2.45, 2.75) is 0 Å². The molecule has 0 fully saturated rings. The summed E-state index contributed by atoms with van der Waals surface area (Å²) < 4.78 is 43.6. The van der Waals surface area contributed by atoms with Crippen LogP contribution in [0.1, 0.15) is 11.1 Å². The smallest absolute Gasteiger partial charge is 0.163 e. The van der Waals surface area contributed by atoms with Crippen LogP contribution < -0.4 is 29.6 Å². The molecule has 6 rings (SSSR count). The van der Waals surface area contributed by atoms with E-state index in [2.05, 4.69) is 42.4 Å². The molecule has 2 aromatic heterocycles. The van der Waals surface area contributed by atoms with Gasteiger partial charge in [-0.25, -0.2) is 19.9 Å². The zero-order valence-electron chi connectivity index (χ0n) is 34.3. The van der Waals surface area contributed by atoms with Crippen molar-refractivity contribution in [3.8, 4) is 47.7 Å². The molecule has 61 heavy (non-hydrogen) atoms. The van der Waals surface area contributed by atoms with Crippen LogP contribution in [0.5, 0.6) is 23.0 Å². The molecule has 0 saturated carbocycles. The van der Waals surface area contributed by atoms with E-state index in [4.69, 9.17) is 50.7 Å². The molecule has 0 spiro atoms. The van der Waals surface area contributed by atoms with Crippen LogP contribution in [0.2, 0.25) is 0 Å². The van der Waals surface area contributed by atoms with Gasteiger partial charge in [0, 0.05) is 73.8 Å². The van der Waals surface area contributed by atoms with E-state index in [1.54, 1.807) is 28.4 Å². The molecule has 0 unspecified atom stereocenters. The van der Waals surface area contributed by atoms with Crippen LogP contribution in [0.4, 0.5) is 23.0 Å². The maximum Gasteiger partial charge on any atom is 0.163 e. The van der Waals surface area contributed by atoms with Crippen LogP contribution in [0.25, 0.3) is 21.8 Å². The van der Waals surface area contributed by atoms with Gasteiger partial charge < -0.3 is 54.0 Å². The second-order valence-corrected chi connectivity index (χ2v) is 12.1. The molecule has 6 aromatic rings. The molecule has 0 bridgehead atoms. The highest BCUT2D eigenvalue weighted by molar-refractivity contribution is 5.94. The van der Waals surface area contributed by atoms with Crippen molar-refractivity contribution >= 4 is 69.6 Å². The predicted octanol–water partition coefficient (Wildman–Crippen LogP) is 6.83. The van der Waals surface area contributed by atoms with Gasteiger partial charge in [-0.2, -0.15) is 0 Å². The van der Waals surface area contributed by atoms with E-state index < -0.39 is 0 Å². The summed E-state index contributed by atoms with van der Waals surface area (Å²) >= 11 is 0. The van der Waals surface area contributed by atoms with E-state index in [-0.39, 0.29) is 30.3 Å². The first kappa shape index (κ1) is 51.0. The average molecular weight is 878 g/mol. The first-order valence-electron chi connectivity index (χ1n) is 18.2. The number of hydrogen-bond donors (Lipinski definition) is 2. The Balaban J connectivity index is 0.000000400. The van der Waals surface area contributed by atoms with Gasteiger partial charge in [-0.3, -0.25) is 0 Å². The first-order chi connectivity index (χ1) is 28.5. The van der Waals surface area contributed by atoms with Gasteiger partial charge in [0.2, 0.25) is 0 Å². The lowest BCUT2D eigenvalue weighted by Gasteiger charge is -2.15. The van der Waals surface area contributed by atoms with E-state index in [9.17, 15) is 0 Å². The van der Waals surface area contributed by atoms with Gasteiger partial charge in [-0.1, -0.05) is 24.0 Å². The Bertz CT molecular complexity index is 2180. The molecule has 0 amide bonds. The predicted molar refractivity (Wildman–Crippen MR) is 242 cm³/mol. The Morgan fingerprint density at radius 2 is 0.820 bits per heavy atom. The molecule has 0 saturated heterocycles. The number of rotatable bonds is 20. The molecule has 2 heterocycles. The molecule has 0 aliphatic carbocycles. The van der Waals surface area contributed by atoms with Crippen molar-refractivity contribution in [2.75, 3.05) is 91.9 Å². The quantitative estimate of drug-likeness (QED) is 0.0602. The molecular weight excluding hydrogens is 827 g/mol. The number of nitrogens with one attached hydrogen (secondary N) is 2. The van der Waals surface area contributed by atoms with E-state index in [1.165, 1.54) is 12.7 Å². The normalized spacial score (nSPS) is 10.0. The van der Waals surface area contributed by atoms with Crippen LogP contribution in [0.3, 0.4) is 0 Å². The summed E-state index contributed by atoms with van der Waals surface area (Å²) in [7, 11) is 6.50. The Kier molecular flexibility index (Phi) is 23.1. The summed E-state index contributed by atoms with van der Waals surface area (Å²) in [6.07, 6.45) is 14.0. The number of aromatic nitrogens is 4. The van der Waals surface area contributed by atoms with Gasteiger partial charge >= 0.3 is 0 Å². The summed E-state index contributed by atoms with van der Waals surface area (Å²) in [4.78, 5) is 17.5. The van der Waals surface area contributed by atoms with Crippen LogP contribution in [0, 0.1) is 24.7 Å². The fraction of sp³-hybridized carbons (Fsp3) is 0.273. The lowest BCUT2D eigenvalue weighted by Crippen LogP contribution is -2.09. The van der Waals surface area contributed by atoms with Crippen molar-refractivity contribution in [2.24, 2.45) is 0 Å². The molecule has 0 aliphatic heterocycles. The molecular formula is C44H50Cl2N6O9. The lowest BCUT2D eigenvalue weighted by atomic mass is 10.2. The van der Waals surface area contributed by atoms with Gasteiger partial charge in [-0.15, -0.1) is 37.7 Å². The van der Waals surface area contributed by atoms with E-state index in [1.807, 2.05) is 72.8 Å². The van der Waals surface area contributed by atoms with E-state index >= 15 is 0 Å². The number of benzene rings is 4. The molecule has 15 nitrogen and oxygen atoms in total. The second-order valence-electron chi connectivity index (χ2n) is 12.1. The molecule has 324 valence electrons. The number of anilines is 4. The molecule has 4 N–H and O–H groups in total. The van der Waals surface area contributed by atoms with Crippen LogP contribution in [-0.2, 0) is 18.9 Å². The third-order valence-electron chi connectivity index (χ3n) is 8.17. The zero-order chi connectivity index (χ0) is 41.0. The fourth-order valence-corrected chi connectivity index (χ4v) is 5.37. The fourth-order valence-electron chi connectivity index (χ4n) is 5.37. The van der Waals surface area contributed by atoms with Crippen molar-refractivity contribution in [1.29, 1.82) is 0 Å². The average Bonchev–Trinajstić information content (AvgIpc) is 3.25. The van der Waals surface area contributed by atoms with Gasteiger partial charge in [-0.05, 0) is 48.5 Å². The largest absolute Gasteiger partial charge is 0.487 e. The summed E-state index contributed by atoms with van der Waals surface area (Å²) in [5, 5.41) is 8.19. The van der Waals surface area contributed by atoms with E-state index in [0.29, 0.717) is 87.5 Å². The Labute approximate surface area is 367 Å². The molecule has 17 heteroatoms. The summed E-state index contributed by atoms with van der Waals surface area (Å²) in [5.41, 5.74) is 4.69. The maximum absolute atomic E-state index is 5.86. The van der Waals surface area contributed by atoms with Gasteiger partial charge in [0.15, 0.2) is 23.0 Å². The number of terminal acetylenes is 2. The van der Waals surface area contributed by atoms with Crippen molar-refractivity contribution < 1.29 is 43.4 Å². The topological polar surface area (TPSA) is 181 Å². The van der Waals surface area contributed by atoms with Crippen molar-refractivity contribution in [3.63, 3.8) is 0 Å². The minimum Gasteiger partial charge on any atom is -0.487 e. The second kappa shape index (κ2) is 27.6. The number of fused-ring (bicyclic) bond motifs is 2. The highest BCUT2D eigenvalue weighted by atomic mass is 35.5. The standard InChI is InChI=1S/2C22H23N3O4.2ClH.H2O/c2*1-4-16-6-5-7-17(12-16)25-22-18-13-20(28-10-8-26-2)21(29-11-9-27-3)14-19(18)23-15-24-22;;;/h2*1,5-7,12-15H,8-11H2,2-3H3,(H,23,24,25);2*1H;1H2. The maximum atomic E-state index is 5.86. The Morgan fingerprint density at radius 1 is 0.475 bits per heavy atom. The Morgan fingerprint density at radius 3 is 1.15 bits per heavy atom. The van der Waals surface area contributed by atoms with Crippen molar-refractivity contribution in [1.82, 2.24) is 19.9 Å². The SMILES string of the molecule is C#Cc1cccc(Nc2ncnc3cc(OCCOC)c(OCCOC)cc23)c1.C#Cc1cccc(Nc2ncnc3cc(OCCOC)c(OCCOC)cc23)c1.Cl.Cl.O. The minimum atomic E-state index is 0. The molecule has 4 aromatic carbocycles. The van der Waals surface area contributed by atoms with Gasteiger partial charge in [0.05, 0.1) is 37.5 Å². The highest BCUT2D eigenvalue weighted by Gasteiger charge is 2.15. The van der Waals surface area contributed by atoms with Crippen LogP contribution >= 0.6 is 24.8 Å². The number of halogens is 2. The number of methoxy groups -OCH3 is 4. The summed E-state index contributed by atoms with van der Waals surface area (Å²) in [6, 6.07) is 22.5. The monoisotopic (exact) mass is 876 g/mol. The molecule has 0 radical (unpaired) electrons. The third kappa shape index (κ3) is 15.1. The third-order valence-corrected chi connectivity index (χ3v) is 8.17. The number of ether oxygens (including phenoxy) is 8. The first-order valence-corrected chi connectivity index (χ1v) is 18.2. The van der Waals surface area contributed by atoms with E-state index in [0.717, 1.165) is 44.3 Å². The van der Waals surface area contributed by atoms with Crippen molar-refractivity contribution in [3.05, 3.63) is 96.6 Å². The number of nitrogens with zero attached hydrogens (tertiary/aromatic N) is 4.